The van der Waals surface area contributed by atoms with Crippen LogP contribution in [-0.4, -0.2) is 53.3 Å². The van der Waals surface area contributed by atoms with Crippen molar-refractivity contribution in [2.24, 2.45) is 5.92 Å². The van der Waals surface area contributed by atoms with E-state index in [4.69, 9.17) is 4.74 Å². The van der Waals surface area contributed by atoms with Gasteiger partial charge < -0.3 is 15.2 Å². The smallest absolute Gasteiger partial charge is 0.251 e. The first-order valence-corrected chi connectivity index (χ1v) is 12.6. The molecule has 5 nitrogen and oxygen atoms in total. The van der Waals surface area contributed by atoms with Crippen molar-refractivity contribution in [3.05, 3.63) is 65.2 Å². The van der Waals surface area contributed by atoms with E-state index in [9.17, 15) is 9.90 Å². The molecule has 174 valence electrons. The highest BCUT2D eigenvalue weighted by Crippen LogP contribution is 2.59. The fourth-order valence-corrected chi connectivity index (χ4v) is 7.19. The first-order valence-electron chi connectivity index (χ1n) is 12.6. The zero-order valence-corrected chi connectivity index (χ0v) is 19.4. The molecule has 2 saturated heterocycles. The fourth-order valence-electron chi connectivity index (χ4n) is 7.19. The number of hydrogen-bond acceptors (Lipinski definition) is 4. The molecule has 2 N–H and O–H groups in total. The highest BCUT2D eigenvalue weighted by atomic mass is 16.5. The molecule has 2 aliphatic carbocycles. The zero-order chi connectivity index (χ0) is 22.6. The number of nitrogens with one attached hydrogen (secondary N) is 1. The van der Waals surface area contributed by atoms with Crippen LogP contribution in [0.3, 0.4) is 0 Å². The number of hydrogen-bond donors (Lipinski definition) is 2. The molecule has 4 aliphatic rings. The molecule has 1 unspecified atom stereocenters. The molecular weight excluding hydrogens is 412 g/mol. The predicted octanol–water partition coefficient (Wildman–Crippen LogP) is 4.04. The molecule has 6 rings (SSSR count). The lowest BCUT2D eigenvalue weighted by molar-refractivity contribution is -0.215. The third kappa shape index (κ3) is 3.31. The molecular formula is C28H34N2O3. The molecule has 2 aromatic carbocycles. The van der Waals surface area contributed by atoms with Crippen LogP contribution in [0.5, 0.6) is 5.75 Å². The summed E-state index contributed by atoms with van der Waals surface area (Å²) in [6.07, 6.45) is 6.47. The number of benzene rings is 2. The number of carbonyl (C=O) groups is 1. The SMILES string of the molecule is CC[C@]12OCC(NC(=O)c3ccccc3)C[C@@]13CCN(CC1CC1)[C@@H]2Cc1ccc(O)cc13. The van der Waals surface area contributed by atoms with Crippen LogP contribution in [0.15, 0.2) is 48.5 Å². The van der Waals surface area contributed by atoms with Gasteiger partial charge in [-0.15, -0.1) is 0 Å². The third-order valence-corrected chi connectivity index (χ3v) is 8.86. The van der Waals surface area contributed by atoms with E-state index in [1.807, 2.05) is 42.5 Å². The van der Waals surface area contributed by atoms with Crippen molar-refractivity contribution in [3.8, 4) is 5.75 Å². The van der Waals surface area contributed by atoms with Crippen molar-refractivity contribution in [1.29, 1.82) is 0 Å². The number of carbonyl (C=O) groups excluding carboxylic acids is 1. The maximum Gasteiger partial charge on any atom is 0.251 e. The maximum atomic E-state index is 13.0. The minimum Gasteiger partial charge on any atom is -0.508 e. The molecule has 2 aliphatic heterocycles. The van der Waals surface area contributed by atoms with Gasteiger partial charge in [-0.1, -0.05) is 31.2 Å². The van der Waals surface area contributed by atoms with Gasteiger partial charge in [0.05, 0.1) is 18.2 Å². The lowest BCUT2D eigenvalue weighted by Gasteiger charge is -2.66. The summed E-state index contributed by atoms with van der Waals surface area (Å²) in [7, 11) is 0. The molecule has 5 heteroatoms. The summed E-state index contributed by atoms with van der Waals surface area (Å²) in [6.45, 7) is 5.03. The molecule has 2 aromatic rings. The van der Waals surface area contributed by atoms with Crippen molar-refractivity contribution in [1.82, 2.24) is 10.2 Å². The number of rotatable bonds is 5. The molecule has 2 heterocycles. The van der Waals surface area contributed by atoms with E-state index in [1.54, 1.807) is 0 Å². The Balaban J connectivity index is 1.37. The van der Waals surface area contributed by atoms with Crippen LogP contribution in [0.25, 0.3) is 0 Å². The summed E-state index contributed by atoms with van der Waals surface area (Å²) >= 11 is 0. The molecule has 33 heavy (non-hydrogen) atoms. The lowest BCUT2D eigenvalue weighted by Crippen LogP contribution is -2.75. The summed E-state index contributed by atoms with van der Waals surface area (Å²) in [5, 5.41) is 13.7. The standard InChI is InChI=1S/C28H34N2O3/c1-2-28-25-14-21-10-11-23(31)15-24(21)27(28,12-13-30(25)17-19-8-9-19)16-22(18-33-28)29-26(32)20-6-4-3-5-7-20/h3-7,10-11,15,19,22,25,31H,2,8-9,12-14,16-18H2,1H3,(H,29,32)/t22?,25-,27-,28-/m1/s1. The summed E-state index contributed by atoms with van der Waals surface area (Å²) in [6, 6.07) is 15.6. The van der Waals surface area contributed by atoms with Crippen LogP contribution in [-0.2, 0) is 16.6 Å². The predicted molar refractivity (Wildman–Crippen MR) is 127 cm³/mol. The van der Waals surface area contributed by atoms with Gasteiger partial charge in [-0.05, 0) is 86.4 Å². The summed E-state index contributed by atoms with van der Waals surface area (Å²) in [4.78, 5) is 15.7. The van der Waals surface area contributed by atoms with Gasteiger partial charge in [0.1, 0.15) is 5.75 Å². The Hall–Kier alpha value is -2.37. The number of phenols is 1. The second kappa shape index (κ2) is 7.85. The van der Waals surface area contributed by atoms with Crippen molar-refractivity contribution in [2.75, 3.05) is 19.7 Å². The second-order valence-corrected chi connectivity index (χ2v) is 10.6. The van der Waals surface area contributed by atoms with Crippen molar-refractivity contribution >= 4 is 5.91 Å². The van der Waals surface area contributed by atoms with E-state index in [-0.39, 0.29) is 23.0 Å². The average Bonchev–Trinajstić information content (AvgIpc) is 3.66. The maximum absolute atomic E-state index is 13.0. The van der Waals surface area contributed by atoms with E-state index >= 15 is 0 Å². The number of amides is 1. The molecule has 1 amide bonds. The van der Waals surface area contributed by atoms with Gasteiger partial charge in [-0.3, -0.25) is 9.69 Å². The lowest BCUT2D eigenvalue weighted by atomic mass is 9.50. The van der Waals surface area contributed by atoms with Crippen molar-refractivity contribution in [2.45, 2.75) is 68.5 Å². The number of likely N-dealkylation sites (tertiary alicyclic amines) is 1. The Kier molecular flexibility index (Phi) is 5.04. The Bertz CT molecular complexity index is 1050. The van der Waals surface area contributed by atoms with Crippen LogP contribution >= 0.6 is 0 Å². The van der Waals surface area contributed by atoms with E-state index in [2.05, 4.69) is 23.2 Å². The van der Waals surface area contributed by atoms with Gasteiger partial charge in [-0.25, -0.2) is 0 Å². The van der Waals surface area contributed by atoms with E-state index < -0.39 is 0 Å². The third-order valence-electron chi connectivity index (χ3n) is 8.86. The fraction of sp³-hybridized carbons (Fsp3) is 0.536. The van der Waals surface area contributed by atoms with E-state index in [1.165, 1.54) is 30.5 Å². The van der Waals surface area contributed by atoms with Crippen LogP contribution in [0.2, 0.25) is 0 Å². The number of piperidine rings is 1. The van der Waals surface area contributed by atoms with Gasteiger partial charge >= 0.3 is 0 Å². The summed E-state index contributed by atoms with van der Waals surface area (Å²) in [5.41, 5.74) is 2.77. The molecule has 2 bridgehead atoms. The normalized spacial score (nSPS) is 33.1. The Morgan fingerprint density at radius 2 is 2.03 bits per heavy atom. The van der Waals surface area contributed by atoms with Crippen molar-refractivity contribution in [3.63, 3.8) is 0 Å². The summed E-state index contributed by atoms with van der Waals surface area (Å²) in [5.74, 6) is 1.12. The van der Waals surface area contributed by atoms with Crippen molar-refractivity contribution < 1.29 is 14.6 Å². The number of nitrogens with zero attached hydrogens (tertiary/aromatic N) is 1. The average molecular weight is 447 g/mol. The minimum atomic E-state index is -0.283. The van der Waals surface area contributed by atoms with Gasteiger partial charge in [0, 0.05) is 23.6 Å². The molecule has 4 atom stereocenters. The largest absolute Gasteiger partial charge is 0.508 e. The Morgan fingerprint density at radius 3 is 2.79 bits per heavy atom. The zero-order valence-electron chi connectivity index (χ0n) is 19.4. The number of ether oxygens (including phenoxy) is 1. The molecule has 1 saturated carbocycles. The van der Waals surface area contributed by atoms with Gasteiger partial charge in [-0.2, -0.15) is 0 Å². The second-order valence-electron chi connectivity index (χ2n) is 10.6. The van der Waals surface area contributed by atoms with Crippen LogP contribution in [0.1, 0.15) is 60.5 Å². The number of fused-ring (bicyclic) bond motifs is 1. The first-order chi connectivity index (χ1) is 16.0. The molecule has 3 fully saturated rings. The highest BCUT2D eigenvalue weighted by molar-refractivity contribution is 5.94. The van der Waals surface area contributed by atoms with Crippen LogP contribution in [0, 0.1) is 5.92 Å². The number of aromatic hydroxyl groups is 1. The van der Waals surface area contributed by atoms with Gasteiger partial charge in [0.25, 0.3) is 5.91 Å². The molecule has 0 spiro atoms. The Labute approximate surface area is 196 Å². The number of phenolic OH excluding ortho intramolecular Hbond substituents is 1. The quantitative estimate of drug-likeness (QED) is 0.728. The van der Waals surface area contributed by atoms with E-state index in [0.717, 1.165) is 38.1 Å². The highest BCUT2D eigenvalue weighted by Gasteiger charge is 2.65. The summed E-state index contributed by atoms with van der Waals surface area (Å²) < 4.78 is 6.92. The Morgan fingerprint density at radius 1 is 1.21 bits per heavy atom. The minimum absolute atomic E-state index is 0.0424. The van der Waals surface area contributed by atoms with E-state index in [0.29, 0.717) is 24.0 Å². The van der Waals surface area contributed by atoms with Gasteiger partial charge in [0.2, 0.25) is 0 Å². The molecule has 0 radical (unpaired) electrons. The topological polar surface area (TPSA) is 61.8 Å². The molecule has 0 aromatic heterocycles. The van der Waals surface area contributed by atoms with Crippen LogP contribution < -0.4 is 5.32 Å². The van der Waals surface area contributed by atoms with Gasteiger partial charge in [0.15, 0.2) is 0 Å². The monoisotopic (exact) mass is 446 g/mol. The van der Waals surface area contributed by atoms with Crippen LogP contribution in [0.4, 0.5) is 0 Å². The first kappa shape index (κ1) is 21.2.